The smallest absolute Gasteiger partial charge is 0.387 e. The number of alkyl halides is 2. The highest BCUT2D eigenvalue weighted by Crippen LogP contribution is 2.22. The first-order valence-electron chi connectivity index (χ1n) is 3.34. The molecule has 0 aliphatic rings. The average Bonchev–Trinajstić information content (AvgIpc) is 2.01. The van der Waals surface area contributed by atoms with Gasteiger partial charge in [0.15, 0.2) is 0 Å². The molecule has 0 saturated carbocycles. The van der Waals surface area contributed by atoms with Crippen molar-refractivity contribution in [3.63, 3.8) is 0 Å². The molecule has 13 heavy (non-hydrogen) atoms. The van der Waals surface area contributed by atoms with Crippen molar-refractivity contribution in [1.82, 2.24) is 0 Å². The molecule has 0 unspecified atom stereocenters. The van der Waals surface area contributed by atoms with Crippen molar-refractivity contribution in [2.24, 2.45) is 5.84 Å². The first-order chi connectivity index (χ1) is 6.11. The third kappa shape index (κ3) is 3.31. The normalized spacial score (nSPS) is 10.2. The third-order valence-electron chi connectivity index (χ3n) is 1.26. The highest BCUT2D eigenvalue weighted by molar-refractivity contribution is 14.1. The van der Waals surface area contributed by atoms with Crippen molar-refractivity contribution in [2.75, 3.05) is 5.43 Å². The highest BCUT2D eigenvalue weighted by Gasteiger charge is 2.05. The van der Waals surface area contributed by atoms with Gasteiger partial charge in [0.2, 0.25) is 0 Å². The third-order valence-corrected chi connectivity index (χ3v) is 1.89. The fourth-order valence-electron chi connectivity index (χ4n) is 0.817. The van der Waals surface area contributed by atoms with Crippen LogP contribution in [0.3, 0.4) is 0 Å². The van der Waals surface area contributed by atoms with Gasteiger partial charge in [-0.3, -0.25) is 5.84 Å². The Morgan fingerprint density at radius 2 is 2.08 bits per heavy atom. The summed E-state index contributed by atoms with van der Waals surface area (Å²) in [5.74, 6) is 5.21. The minimum absolute atomic E-state index is 0.0925. The predicted molar refractivity (Wildman–Crippen MR) is 53.6 cm³/mol. The van der Waals surface area contributed by atoms with Crippen LogP contribution in [0.4, 0.5) is 14.5 Å². The average molecular weight is 300 g/mol. The SMILES string of the molecule is NNc1cc(I)cc(OC(F)F)c1. The Hall–Kier alpha value is -0.630. The maximum atomic E-state index is 11.8. The van der Waals surface area contributed by atoms with Crippen molar-refractivity contribution in [1.29, 1.82) is 0 Å². The Morgan fingerprint density at radius 1 is 1.38 bits per heavy atom. The predicted octanol–water partition coefficient (Wildman–Crippen LogP) is 2.18. The van der Waals surface area contributed by atoms with E-state index in [9.17, 15) is 8.78 Å². The standard InChI is InChI=1S/C7H7F2IN2O/c8-7(9)13-6-2-4(10)1-5(3-6)12-11/h1-3,7,12H,11H2. The first kappa shape index (κ1) is 10.5. The molecule has 1 aromatic carbocycles. The number of hydrazine groups is 1. The van der Waals surface area contributed by atoms with Crippen molar-refractivity contribution in [3.05, 3.63) is 21.8 Å². The number of hydrogen-bond acceptors (Lipinski definition) is 3. The molecule has 0 fully saturated rings. The summed E-state index contributed by atoms with van der Waals surface area (Å²) in [5.41, 5.74) is 2.88. The summed E-state index contributed by atoms with van der Waals surface area (Å²) in [4.78, 5) is 0. The molecule has 0 heterocycles. The molecule has 0 aromatic heterocycles. The summed E-state index contributed by atoms with van der Waals surface area (Å²) in [6.07, 6.45) is 0. The van der Waals surface area contributed by atoms with Gasteiger partial charge in [-0.1, -0.05) is 0 Å². The van der Waals surface area contributed by atoms with E-state index in [4.69, 9.17) is 5.84 Å². The number of nitrogens with one attached hydrogen (secondary N) is 1. The van der Waals surface area contributed by atoms with Crippen molar-refractivity contribution in [2.45, 2.75) is 6.61 Å². The number of rotatable bonds is 3. The fourth-order valence-corrected chi connectivity index (χ4v) is 1.46. The zero-order chi connectivity index (χ0) is 9.84. The monoisotopic (exact) mass is 300 g/mol. The summed E-state index contributed by atoms with van der Waals surface area (Å²) < 4.78 is 28.6. The lowest BCUT2D eigenvalue weighted by atomic mass is 10.3. The Labute approximate surface area is 87.4 Å². The molecule has 1 rings (SSSR count). The summed E-state index contributed by atoms with van der Waals surface area (Å²) in [6, 6.07) is 4.60. The van der Waals surface area contributed by atoms with Gasteiger partial charge in [-0.05, 0) is 34.7 Å². The maximum absolute atomic E-state index is 11.8. The first-order valence-corrected chi connectivity index (χ1v) is 4.41. The van der Waals surface area contributed by atoms with E-state index >= 15 is 0 Å². The summed E-state index contributed by atoms with van der Waals surface area (Å²) >= 11 is 1.98. The van der Waals surface area contributed by atoms with E-state index in [2.05, 4.69) is 10.2 Å². The van der Waals surface area contributed by atoms with Crippen LogP contribution < -0.4 is 16.0 Å². The zero-order valence-corrected chi connectivity index (χ0v) is 8.59. The van der Waals surface area contributed by atoms with Gasteiger partial charge in [-0.25, -0.2) is 0 Å². The van der Waals surface area contributed by atoms with Crippen molar-refractivity contribution < 1.29 is 13.5 Å². The molecule has 0 bridgehead atoms. The lowest BCUT2D eigenvalue weighted by Gasteiger charge is -2.07. The van der Waals surface area contributed by atoms with Crippen molar-refractivity contribution >= 4 is 28.3 Å². The molecule has 0 amide bonds. The highest BCUT2D eigenvalue weighted by atomic mass is 127. The molecule has 3 N–H and O–H groups in total. The second-order valence-corrected chi connectivity index (χ2v) is 3.44. The van der Waals surface area contributed by atoms with E-state index in [1.165, 1.54) is 12.1 Å². The van der Waals surface area contributed by atoms with Crippen LogP contribution in [0.15, 0.2) is 18.2 Å². The van der Waals surface area contributed by atoms with Crippen LogP contribution in [-0.2, 0) is 0 Å². The number of nitrogen functional groups attached to an aromatic ring is 1. The van der Waals surface area contributed by atoms with Gasteiger partial charge in [-0.2, -0.15) is 8.78 Å². The minimum Gasteiger partial charge on any atom is -0.435 e. The van der Waals surface area contributed by atoms with E-state index in [0.29, 0.717) is 5.69 Å². The van der Waals surface area contributed by atoms with Gasteiger partial charge < -0.3 is 10.2 Å². The molecular formula is C7H7F2IN2O. The van der Waals surface area contributed by atoms with Crippen LogP contribution in [0.5, 0.6) is 5.75 Å². The number of anilines is 1. The number of ether oxygens (including phenoxy) is 1. The number of benzene rings is 1. The van der Waals surface area contributed by atoms with E-state index in [1.807, 2.05) is 22.6 Å². The van der Waals surface area contributed by atoms with E-state index in [1.54, 1.807) is 6.07 Å². The molecule has 0 atom stereocenters. The van der Waals surface area contributed by atoms with E-state index in [0.717, 1.165) is 3.57 Å². The summed E-state index contributed by atoms with van der Waals surface area (Å²) in [7, 11) is 0. The molecule has 0 aliphatic carbocycles. The second-order valence-electron chi connectivity index (χ2n) is 2.20. The lowest BCUT2D eigenvalue weighted by molar-refractivity contribution is -0.0498. The Kier molecular flexibility index (Phi) is 3.67. The molecule has 1 aromatic rings. The largest absolute Gasteiger partial charge is 0.435 e. The maximum Gasteiger partial charge on any atom is 0.387 e. The van der Waals surface area contributed by atoms with Crippen LogP contribution in [-0.4, -0.2) is 6.61 Å². The van der Waals surface area contributed by atoms with Crippen molar-refractivity contribution in [3.8, 4) is 5.75 Å². The molecule has 0 radical (unpaired) electrons. The quantitative estimate of drug-likeness (QED) is 0.511. The molecule has 3 nitrogen and oxygen atoms in total. The second kappa shape index (κ2) is 4.56. The fraction of sp³-hybridized carbons (Fsp3) is 0.143. The van der Waals surface area contributed by atoms with E-state index in [-0.39, 0.29) is 5.75 Å². The van der Waals surface area contributed by atoms with Crippen LogP contribution in [0.1, 0.15) is 0 Å². The summed E-state index contributed by atoms with van der Waals surface area (Å²) in [5, 5.41) is 0. The van der Waals surface area contributed by atoms with Crippen LogP contribution in [0.25, 0.3) is 0 Å². The van der Waals surface area contributed by atoms with Crippen LogP contribution in [0, 0.1) is 3.57 Å². The van der Waals surface area contributed by atoms with Gasteiger partial charge >= 0.3 is 6.61 Å². The Bertz CT molecular complexity index is 296. The molecular weight excluding hydrogens is 293 g/mol. The number of nitrogens with two attached hydrogens (primary N) is 1. The van der Waals surface area contributed by atoms with Crippen LogP contribution in [0.2, 0.25) is 0 Å². The molecule has 0 spiro atoms. The topological polar surface area (TPSA) is 47.3 Å². The van der Waals surface area contributed by atoms with Crippen LogP contribution >= 0.6 is 22.6 Å². The van der Waals surface area contributed by atoms with Gasteiger partial charge in [0, 0.05) is 9.64 Å². The summed E-state index contributed by atoms with van der Waals surface area (Å²) in [6.45, 7) is -2.82. The molecule has 6 heteroatoms. The van der Waals surface area contributed by atoms with E-state index < -0.39 is 6.61 Å². The number of hydrogen-bond donors (Lipinski definition) is 2. The van der Waals surface area contributed by atoms with Gasteiger partial charge in [0.05, 0.1) is 5.69 Å². The molecule has 0 saturated heterocycles. The zero-order valence-electron chi connectivity index (χ0n) is 6.43. The Balaban J connectivity index is 2.88. The van der Waals surface area contributed by atoms with Gasteiger partial charge in [0.1, 0.15) is 5.75 Å². The minimum atomic E-state index is -2.82. The lowest BCUT2D eigenvalue weighted by Crippen LogP contribution is -2.08. The number of halogens is 3. The molecule has 72 valence electrons. The van der Waals surface area contributed by atoms with Gasteiger partial charge in [0.25, 0.3) is 0 Å². The van der Waals surface area contributed by atoms with Gasteiger partial charge in [-0.15, -0.1) is 0 Å². The molecule has 0 aliphatic heterocycles. The Morgan fingerprint density at radius 3 is 2.62 bits per heavy atom.